The van der Waals surface area contributed by atoms with Gasteiger partial charge in [0.2, 0.25) is 0 Å². The third-order valence-corrected chi connectivity index (χ3v) is 3.91. The standard InChI is InChI=1S/C17H18ClN3/c1-3-15(13-8-5-4-6-9-13)21-16(12(2)18)20-14-10-7-11-19-17(14)21/h4-12,15H,3H2,1-2H3. The predicted molar refractivity (Wildman–Crippen MR) is 86.7 cm³/mol. The first-order valence-corrected chi connectivity index (χ1v) is 7.68. The summed E-state index contributed by atoms with van der Waals surface area (Å²) in [4.78, 5) is 9.20. The van der Waals surface area contributed by atoms with Gasteiger partial charge in [0.25, 0.3) is 0 Å². The SMILES string of the molecule is CCC(c1ccccc1)n1c(C(C)Cl)nc2cccnc21. The van der Waals surface area contributed by atoms with Crippen molar-refractivity contribution in [1.29, 1.82) is 0 Å². The lowest BCUT2D eigenvalue weighted by molar-refractivity contribution is 0.552. The number of aromatic nitrogens is 3. The fourth-order valence-corrected chi connectivity index (χ4v) is 2.93. The second kappa shape index (κ2) is 5.86. The Morgan fingerprint density at radius 3 is 2.57 bits per heavy atom. The molecule has 2 atom stereocenters. The number of rotatable bonds is 4. The average molecular weight is 300 g/mol. The van der Waals surface area contributed by atoms with E-state index in [1.54, 1.807) is 6.20 Å². The summed E-state index contributed by atoms with van der Waals surface area (Å²) < 4.78 is 2.18. The van der Waals surface area contributed by atoms with Crippen LogP contribution in [0.5, 0.6) is 0 Å². The van der Waals surface area contributed by atoms with Gasteiger partial charge in [-0.15, -0.1) is 11.6 Å². The highest BCUT2D eigenvalue weighted by Gasteiger charge is 2.22. The number of pyridine rings is 1. The van der Waals surface area contributed by atoms with Gasteiger partial charge in [-0.1, -0.05) is 37.3 Å². The number of fused-ring (bicyclic) bond motifs is 1. The Balaban J connectivity index is 2.24. The lowest BCUT2D eigenvalue weighted by Gasteiger charge is -2.21. The normalized spacial score (nSPS) is 14.2. The van der Waals surface area contributed by atoms with E-state index in [2.05, 4.69) is 45.7 Å². The number of benzene rings is 1. The van der Waals surface area contributed by atoms with Gasteiger partial charge >= 0.3 is 0 Å². The fraction of sp³-hybridized carbons (Fsp3) is 0.294. The van der Waals surface area contributed by atoms with Crippen LogP contribution >= 0.6 is 11.6 Å². The molecule has 0 aliphatic carbocycles. The lowest BCUT2D eigenvalue weighted by atomic mass is 10.0. The van der Waals surface area contributed by atoms with Crippen molar-refractivity contribution in [1.82, 2.24) is 14.5 Å². The monoisotopic (exact) mass is 299 g/mol. The Hall–Kier alpha value is -1.87. The minimum atomic E-state index is -0.156. The van der Waals surface area contributed by atoms with E-state index in [1.807, 2.05) is 25.1 Å². The topological polar surface area (TPSA) is 30.7 Å². The van der Waals surface area contributed by atoms with Gasteiger partial charge in [0.05, 0.1) is 11.4 Å². The third-order valence-electron chi connectivity index (χ3n) is 3.71. The van der Waals surface area contributed by atoms with Gasteiger partial charge in [-0.25, -0.2) is 9.97 Å². The first-order valence-electron chi connectivity index (χ1n) is 7.24. The molecule has 2 unspecified atom stereocenters. The van der Waals surface area contributed by atoms with Gasteiger partial charge in [0.1, 0.15) is 11.3 Å². The molecule has 3 aromatic rings. The highest BCUT2D eigenvalue weighted by Crippen LogP contribution is 2.31. The van der Waals surface area contributed by atoms with Crippen molar-refractivity contribution >= 4 is 22.8 Å². The Bertz CT molecular complexity index is 734. The van der Waals surface area contributed by atoms with E-state index in [0.717, 1.165) is 23.4 Å². The van der Waals surface area contributed by atoms with E-state index in [1.165, 1.54) is 5.56 Å². The average Bonchev–Trinajstić information content (AvgIpc) is 2.89. The van der Waals surface area contributed by atoms with E-state index in [0.29, 0.717) is 0 Å². The molecular formula is C17H18ClN3. The fourth-order valence-electron chi connectivity index (χ4n) is 2.78. The highest BCUT2D eigenvalue weighted by molar-refractivity contribution is 6.20. The maximum absolute atomic E-state index is 6.36. The van der Waals surface area contributed by atoms with Gasteiger partial charge in [0, 0.05) is 6.20 Å². The van der Waals surface area contributed by atoms with E-state index in [4.69, 9.17) is 11.6 Å². The molecule has 0 saturated heterocycles. The van der Waals surface area contributed by atoms with Crippen LogP contribution in [0.3, 0.4) is 0 Å². The van der Waals surface area contributed by atoms with Gasteiger partial charge in [-0.05, 0) is 31.0 Å². The van der Waals surface area contributed by atoms with E-state index in [-0.39, 0.29) is 11.4 Å². The van der Waals surface area contributed by atoms with Crippen molar-refractivity contribution < 1.29 is 0 Å². The minimum absolute atomic E-state index is 0.156. The maximum Gasteiger partial charge on any atom is 0.160 e. The van der Waals surface area contributed by atoms with Crippen molar-refractivity contribution in [2.75, 3.05) is 0 Å². The van der Waals surface area contributed by atoms with Crippen molar-refractivity contribution in [3.05, 3.63) is 60.0 Å². The van der Waals surface area contributed by atoms with Crippen molar-refractivity contribution in [3.63, 3.8) is 0 Å². The molecule has 108 valence electrons. The van der Waals surface area contributed by atoms with E-state index in [9.17, 15) is 0 Å². The molecule has 0 spiro atoms. The molecule has 21 heavy (non-hydrogen) atoms. The summed E-state index contributed by atoms with van der Waals surface area (Å²) >= 11 is 6.36. The summed E-state index contributed by atoms with van der Waals surface area (Å²) in [5.41, 5.74) is 3.05. The zero-order valence-corrected chi connectivity index (χ0v) is 13.0. The van der Waals surface area contributed by atoms with Crippen molar-refractivity contribution in [2.24, 2.45) is 0 Å². The molecule has 3 rings (SSSR count). The molecule has 1 aromatic carbocycles. The maximum atomic E-state index is 6.36. The number of halogens is 1. The number of hydrogen-bond donors (Lipinski definition) is 0. The van der Waals surface area contributed by atoms with E-state index >= 15 is 0 Å². The van der Waals surface area contributed by atoms with Gasteiger partial charge in [-0.2, -0.15) is 0 Å². The first kappa shape index (κ1) is 14.1. The molecule has 0 amide bonds. The molecule has 0 N–H and O–H groups in total. The quantitative estimate of drug-likeness (QED) is 0.652. The van der Waals surface area contributed by atoms with Gasteiger partial charge in [-0.3, -0.25) is 0 Å². The molecule has 0 bridgehead atoms. The summed E-state index contributed by atoms with van der Waals surface area (Å²) in [7, 11) is 0. The Morgan fingerprint density at radius 2 is 1.90 bits per heavy atom. The number of hydrogen-bond acceptors (Lipinski definition) is 2. The van der Waals surface area contributed by atoms with Crippen LogP contribution in [0.1, 0.15) is 43.1 Å². The van der Waals surface area contributed by atoms with E-state index < -0.39 is 0 Å². The molecule has 0 radical (unpaired) electrons. The molecule has 2 heterocycles. The summed E-state index contributed by atoms with van der Waals surface area (Å²) in [6.07, 6.45) is 2.77. The molecule has 0 fully saturated rings. The largest absolute Gasteiger partial charge is 0.304 e. The molecule has 3 nitrogen and oxygen atoms in total. The number of nitrogens with zero attached hydrogens (tertiary/aromatic N) is 3. The Labute approximate surface area is 129 Å². The minimum Gasteiger partial charge on any atom is -0.304 e. The van der Waals surface area contributed by atoms with Gasteiger partial charge in [0.15, 0.2) is 5.65 Å². The summed E-state index contributed by atoms with van der Waals surface area (Å²) in [6, 6.07) is 14.5. The highest BCUT2D eigenvalue weighted by atomic mass is 35.5. The number of alkyl halides is 1. The van der Waals surface area contributed by atoms with Crippen LogP contribution in [0.15, 0.2) is 48.7 Å². The zero-order valence-electron chi connectivity index (χ0n) is 12.2. The number of imidazole rings is 1. The smallest absolute Gasteiger partial charge is 0.160 e. The van der Waals surface area contributed by atoms with Crippen molar-refractivity contribution in [3.8, 4) is 0 Å². The molecular weight excluding hydrogens is 282 g/mol. The Kier molecular flexibility index (Phi) is 3.93. The molecule has 2 aromatic heterocycles. The predicted octanol–water partition coefficient (Wildman–Crippen LogP) is 4.73. The third kappa shape index (κ3) is 2.54. The lowest BCUT2D eigenvalue weighted by Crippen LogP contribution is -2.14. The van der Waals surface area contributed by atoms with Crippen LogP contribution in [0.4, 0.5) is 0 Å². The van der Waals surface area contributed by atoms with Crippen LogP contribution in [0.25, 0.3) is 11.2 Å². The summed E-state index contributed by atoms with van der Waals surface area (Å²) in [5.74, 6) is 0.876. The second-order valence-electron chi connectivity index (χ2n) is 5.14. The van der Waals surface area contributed by atoms with Crippen molar-refractivity contribution in [2.45, 2.75) is 31.7 Å². The van der Waals surface area contributed by atoms with Crippen LogP contribution in [-0.4, -0.2) is 14.5 Å². The van der Waals surface area contributed by atoms with Crippen LogP contribution in [0, 0.1) is 0 Å². The Morgan fingerprint density at radius 1 is 1.14 bits per heavy atom. The summed E-state index contributed by atoms with van der Waals surface area (Å²) in [6.45, 7) is 4.13. The molecule has 0 aliphatic rings. The molecule has 4 heteroatoms. The van der Waals surface area contributed by atoms with Gasteiger partial charge < -0.3 is 4.57 Å². The van der Waals surface area contributed by atoms with Crippen LogP contribution < -0.4 is 0 Å². The van der Waals surface area contributed by atoms with Crippen LogP contribution in [-0.2, 0) is 0 Å². The zero-order chi connectivity index (χ0) is 14.8. The first-order chi connectivity index (χ1) is 10.2. The summed E-state index contributed by atoms with van der Waals surface area (Å²) in [5, 5.41) is -0.156. The molecule has 0 aliphatic heterocycles. The second-order valence-corrected chi connectivity index (χ2v) is 5.79. The van der Waals surface area contributed by atoms with Crippen LogP contribution in [0.2, 0.25) is 0 Å². The molecule has 0 saturated carbocycles.